The first-order valence-corrected chi connectivity index (χ1v) is 10.6. The quantitative estimate of drug-likeness (QED) is 0.465. The van der Waals surface area contributed by atoms with Crippen molar-refractivity contribution in [1.82, 2.24) is 14.1 Å². The molecule has 164 valence electrons. The number of pyridine rings is 1. The summed E-state index contributed by atoms with van der Waals surface area (Å²) in [7, 11) is 0. The van der Waals surface area contributed by atoms with Crippen LogP contribution in [0.5, 0.6) is 0 Å². The average Bonchev–Trinajstić information content (AvgIpc) is 3.19. The summed E-state index contributed by atoms with van der Waals surface area (Å²) in [6.07, 6.45) is 5.64. The second kappa shape index (κ2) is 9.10. The summed E-state index contributed by atoms with van der Waals surface area (Å²) in [5, 5.41) is 10.4. The van der Waals surface area contributed by atoms with Crippen LogP contribution in [0.3, 0.4) is 0 Å². The van der Waals surface area contributed by atoms with E-state index in [1.54, 1.807) is 24.5 Å². The summed E-state index contributed by atoms with van der Waals surface area (Å²) < 4.78 is 16.7. The zero-order chi connectivity index (χ0) is 22.8. The molecule has 1 N–H and O–H groups in total. The number of aromatic nitrogens is 3. The van der Waals surface area contributed by atoms with E-state index < -0.39 is 6.04 Å². The molecule has 0 fully saturated rings. The summed E-state index contributed by atoms with van der Waals surface area (Å²) in [6, 6.07) is 12.7. The molecule has 0 aliphatic heterocycles. The van der Waals surface area contributed by atoms with Crippen molar-refractivity contribution in [2.24, 2.45) is 0 Å². The molecule has 0 saturated carbocycles. The van der Waals surface area contributed by atoms with Gasteiger partial charge in [0.05, 0.1) is 29.7 Å². The lowest BCUT2D eigenvalue weighted by Crippen LogP contribution is -2.30. The lowest BCUT2D eigenvalue weighted by atomic mass is 10.0. The highest BCUT2D eigenvalue weighted by atomic mass is 35.5. The van der Waals surface area contributed by atoms with Gasteiger partial charge in [0.1, 0.15) is 5.82 Å². The van der Waals surface area contributed by atoms with Crippen LogP contribution < -0.4 is 5.56 Å². The van der Waals surface area contributed by atoms with Crippen LogP contribution in [0.25, 0.3) is 5.69 Å². The van der Waals surface area contributed by atoms with Gasteiger partial charge in [0, 0.05) is 30.1 Å². The number of imidazole rings is 1. The molecule has 0 spiro atoms. The van der Waals surface area contributed by atoms with Gasteiger partial charge in [-0.05, 0) is 54.8 Å². The molecule has 2 heterocycles. The number of hydrogen-bond donors (Lipinski definition) is 1. The van der Waals surface area contributed by atoms with E-state index in [0.717, 1.165) is 22.5 Å². The second-order valence-electron chi connectivity index (χ2n) is 7.87. The number of aliphatic hydroxyl groups is 1. The molecule has 5 nitrogen and oxygen atoms in total. The molecule has 0 aliphatic rings. The molecule has 0 saturated heterocycles. The van der Waals surface area contributed by atoms with Gasteiger partial charge in [0.15, 0.2) is 0 Å². The van der Waals surface area contributed by atoms with Gasteiger partial charge in [-0.15, -0.1) is 0 Å². The molecule has 4 rings (SSSR count). The van der Waals surface area contributed by atoms with Gasteiger partial charge < -0.3 is 14.2 Å². The number of benzene rings is 2. The lowest BCUT2D eigenvalue weighted by Gasteiger charge is -2.19. The predicted octanol–water partition coefficient (Wildman–Crippen LogP) is 4.62. The monoisotopic (exact) mass is 451 g/mol. The summed E-state index contributed by atoms with van der Waals surface area (Å²) in [4.78, 5) is 17.5. The van der Waals surface area contributed by atoms with Crippen molar-refractivity contribution in [2.75, 3.05) is 6.61 Å². The molecular formula is C25H23ClFN3O2. The van der Waals surface area contributed by atoms with E-state index in [2.05, 4.69) is 4.98 Å². The fourth-order valence-electron chi connectivity index (χ4n) is 3.91. The number of aliphatic hydroxyl groups excluding tert-OH is 1. The van der Waals surface area contributed by atoms with E-state index in [9.17, 15) is 14.3 Å². The summed E-state index contributed by atoms with van der Waals surface area (Å²) in [5.74, 6) is -0.380. The van der Waals surface area contributed by atoms with Crippen LogP contribution in [-0.2, 0) is 6.42 Å². The molecule has 1 atom stereocenters. The highest BCUT2D eigenvalue weighted by molar-refractivity contribution is 6.30. The first-order chi connectivity index (χ1) is 15.4. The smallest absolute Gasteiger partial charge is 0.254 e. The first-order valence-electron chi connectivity index (χ1n) is 10.2. The highest BCUT2D eigenvalue weighted by Gasteiger charge is 2.17. The SMILES string of the molecule is Cc1cn(-c2ccc(Cc3cc(Cl)cn([C@@H](CO)c4ccc(F)cc4)c3=O)cc2C)cn1. The third kappa shape index (κ3) is 4.52. The molecular weight excluding hydrogens is 429 g/mol. The Balaban J connectivity index is 1.68. The minimum absolute atomic E-state index is 0.246. The Morgan fingerprint density at radius 2 is 1.84 bits per heavy atom. The Morgan fingerprint density at radius 3 is 2.47 bits per heavy atom. The standard InChI is InChI=1S/C25H23ClFN3O2/c1-16-9-18(3-8-23(16)29-12-17(2)28-15-29)10-20-11-21(26)13-30(25(20)32)24(14-31)19-4-6-22(27)7-5-19/h3-9,11-13,15,24,31H,10,14H2,1-2H3/t24-/m0/s1. The van der Waals surface area contributed by atoms with Gasteiger partial charge in [-0.25, -0.2) is 9.37 Å². The fourth-order valence-corrected chi connectivity index (χ4v) is 4.15. The first kappa shape index (κ1) is 22.0. The summed E-state index contributed by atoms with van der Waals surface area (Å²) >= 11 is 6.33. The Hall–Kier alpha value is -3.22. The number of halogens is 2. The maximum Gasteiger partial charge on any atom is 0.254 e. The topological polar surface area (TPSA) is 60.0 Å². The van der Waals surface area contributed by atoms with Gasteiger partial charge >= 0.3 is 0 Å². The van der Waals surface area contributed by atoms with Crippen LogP contribution in [0, 0.1) is 19.7 Å². The Morgan fingerprint density at radius 1 is 1.09 bits per heavy atom. The molecule has 0 radical (unpaired) electrons. The van der Waals surface area contributed by atoms with Gasteiger partial charge in [0.25, 0.3) is 5.56 Å². The van der Waals surface area contributed by atoms with Crippen molar-refractivity contribution in [3.8, 4) is 5.69 Å². The molecule has 0 bridgehead atoms. The second-order valence-corrected chi connectivity index (χ2v) is 8.30. The fraction of sp³-hybridized carbons (Fsp3) is 0.200. The molecule has 32 heavy (non-hydrogen) atoms. The van der Waals surface area contributed by atoms with E-state index in [1.165, 1.54) is 22.9 Å². The van der Waals surface area contributed by atoms with Crippen LogP contribution in [0.1, 0.15) is 34.0 Å². The van der Waals surface area contributed by atoms with Crippen LogP contribution in [0.2, 0.25) is 5.02 Å². The molecule has 0 unspecified atom stereocenters. The molecule has 7 heteroatoms. The molecule has 0 amide bonds. The van der Waals surface area contributed by atoms with E-state index in [0.29, 0.717) is 22.6 Å². The minimum atomic E-state index is -0.658. The van der Waals surface area contributed by atoms with Gasteiger partial charge in [-0.2, -0.15) is 0 Å². The number of aryl methyl sites for hydroxylation is 2. The van der Waals surface area contributed by atoms with Crippen molar-refractivity contribution < 1.29 is 9.50 Å². The van der Waals surface area contributed by atoms with Crippen LogP contribution in [-0.4, -0.2) is 25.8 Å². The highest BCUT2D eigenvalue weighted by Crippen LogP contribution is 2.22. The zero-order valence-corrected chi connectivity index (χ0v) is 18.6. The summed E-state index contributed by atoms with van der Waals surface area (Å²) in [6.45, 7) is 3.64. The Kier molecular flexibility index (Phi) is 6.26. The van der Waals surface area contributed by atoms with Crippen LogP contribution >= 0.6 is 11.6 Å². The van der Waals surface area contributed by atoms with Crippen molar-refractivity contribution in [3.63, 3.8) is 0 Å². The van der Waals surface area contributed by atoms with E-state index in [4.69, 9.17) is 11.6 Å². The number of rotatable bonds is 6. The number of nitrogens with zero attached hydrogens (tertiary/aromatic N) is 3. The van der Waals surface area contributed by atoms with Gasteiger partial charge in [-0.3, -0.25) is 4.79 Å². The average molecular weight is 452 g/mol. The van der Waals surface area contributed by atoms with E-state index in [-0.39, 0.29) is 18.0 Å². The third-order valence-corrected chi connectivity index (χ3v) is 5.70. The molecule has 2 aromatic heterocycles. The molecule has 0 aliphatic carbocycles. The van der Waals surface area contributed by atoms with E-state index >= 15 is 0 Å². The third-order valence-electron chi connectivity index (χ3n) is 5.49. The molecule has 4 aromatic rings. The summed E-state index contributed by atoms with van der Waals surface area (Å²) in [5.41, 5.74) is 4.88. The Labute approximate surface area is 190 Å². The van der Waals surface area contributed by atoms with Crippen LogP contribution in [0.15, 0.2) is 72.0 Å². The van der Waals surface area contributed by atoms with Crippen molar-refractivity contribution in [3.05, 3.63) is 116 Å². The normalized spacial score (nSPS) is 12.2. The maximum absolute atomic E-state index is 13.3. The van der Waals surface area contributed by atoms with E-state index in [1.807, 2.05) is 42.8 Å². The van der Waals surface area contributed by atoms with Crippen molar-refractivity contribution in [2.45, 2.75) is 26.3 Å². The van der Waals surface area contributed by atoms with Crippen LogP contribution in [0.4, 0.5) is 4.39 Å². The lowest BCUT2D eigenvalue weighted by molar-refractivity contribution is 0.246. The predicted molar refractivity (Wildman–Crippen MR) is 123 cm³/mol. The van der Waals surface area contributed by atoms with Gasteiger partial charge in [0.2, 0.25) is 0 Å². The zero-order valence-electron chi connectivity index (χ0n) is 17.8. The Bertz CT molecular complexity index is 1310. The van der Waals surface area contributed by atoms with Gasteiger partial charge in [-0.1, -0.05) is 35.9 Å². The van der Waals surface area contributed by atoms with Crippen molar-refractivity contribution in [1.29, 1.82) is 0 Å². The largest absolute Gasteiger partial charge is 0.394 e. The minimum Gasteiger partial charge on any atom is -0.394 e. The number of hydrogen-bond acceptors (Lipinski definition) is 3. The maximum atomic E-state index is 13.3. The van der Waals surface area contributed by atoms with Crippen molar-refractivity contribution >= 4 is 11.6 Å². The molecule has 2 aromatic carbocycles.